The maximum atomic E-state index is 3.74. The molecular formula is C15H38N4Si. The van der Waals surface area contributed by atoms with Crippen LogP contribution in [0.1, 0.15) is 65.7 Å². The summed E-state index contributed by atoms with van der Waals surface area (Å²) in [7, 11) is 1.07. The number of hydrogen-bond acceptors (Lipinski definition) is 4. The first-order chi connectivity index (χ1) is 9.74. The number of hydrogen-bond donors (Lipinski definition) is 4. The van der Waals surface area contributed by atoms with E-state index in [1.807, 2.05) is 0 Å². The van der Waals surface area contributed by atoms with E-state index in [0.717, 1.165) is 43.0 Å². The van der Waals surface area contributed by atoms with Crippen LogP contribution in [0.3, 0.4) is 0 Å². The van der Waals surface area contributed by atoms with Gasteiger partial charge in [0.05, 0.1) is 10.4 Å². The summed E-state index contributed by atoms with van der Waals surface area (Å²) < 4.78 is 0. The van der Waals surface area contributed by atoms with Crippen molar-refractivity contribution in [1.29, 1.82) is 0 Å². The summed E-state index contributed by atoms with van der Waals surface area (Å²) >= 11 is 0. The van der Waals surface area contributed by atoms with Crippen molar-refractivity contribution in [3.05, 3.63) is 0 Å². The zero-order chi connectivity index (χ0) is 15.1. The average molecular weight is 303 g/mol. The Labute approximate surface area is 129 Å². The molecule has 0 radical (unpaired) electrons. The second-order valence-electron chi connectivity index (χ2n) is 5.60. The monoisotopic (exact) mass is 302 g/mol. The first-order valence-electron chi connectivity index (χ1n) is 8.64. The van der Waals surface area contributed by atoms with Crippen LogP contribution in [0.15, 0.2) is 0 Å². The van der Waals surface area contributed by atoms with Crippen molar-refractivity contribution in [3.8, 4) is 0 Å². The Hall–Kier alpha value is 0.0569. The van der Waals surface area contributed by atoms with E-state index in [0.29, 0.717) is 0 Å². The fraction of sp³-hybridized carbons (Fsp3) is 1.00. The van der Waals surface area contributed by atoms with E-state index in [-0.39, 0.29) is 5.79 Å². The second-order valence-corrected chi connectivity index (χ2v) is 6.31. The standard InChI is InChI=1S/C15H38N4Si/c1-4-7-11-16-15(10-14-19-20,17-12-8-5-2)18-13-9-6-3/h16-19H,4-14H2,1-3,20H3. The van der Waals surface area contributed by atoms with Gasteiger partial charge in [-0.2, -0.15) is 0 Å². The molecule has 0 spiro atoms. The minimum atomic E-state index is -0.0864. The Balaban J connectivity index is 4.48. The smallest absolute Gasteiger partial charge is 0.124 e. The molecule has 0 aliphatic rings. The molecule has 0 unspecified atom stereocenters. The zero-order valence-corrected chi connectivity index (χ0v) is 16.3. The van der Waals surface area contributed by atoms with Crippen molar-refractivity contribution in [2.24, 2.45) is 0 Å². The fourth-order valence-electron chi connectivity index (χ4n) is 2.20. The van der Waals surface area contributed by atoms with Gasteiger partial charge >= 0.3 is 0 Å². The third-order valence-corrected chi connectivity index (χ3v) is 4.12. The topological polar surface area (TPSA) is 48.1 Å². The Kier molecular flexibility index (Phi) is 14.1. The third kappa shape index (κ3) is 9.88. The molecule has 0 bridgehead atoms. The van der Waals surface area contributed by atoms with Crippen LogP contribution < -0.4 is 20.9 Å². The SMILES string of the molecule is CCCCNC(CCN[SiH3])(NCCCC)NCCCC. The summed E-state index contributed by atoms with van der Waals surface area (Å²) in [5.41, 5.74) is 0. The van der Waals surface area contributed by atoms with Gasteiger partial charge in [0.15, 0.2) is 0 Å². The Morgan fingerprint density at radius 3 is 1.40 bits per heavy atom. The van der Waals surface area contributed by atoms with Crippen LogP contribution in [0.2, 0.25) is 0 Å². The van der Waals surface area contributed by atoms with Gasteiger partial charge < -0.3 is 4.98 Å². The lowest BCUT2D eigenvalue weighted by Crippen LogP contribution is -2.67. The number of rotatable bonds is 15. The van der Waals surface area contributed by atoms with E-state index < -0.39 is 0 Å². The molecule has 0 fully saturated rings. The molecule has 0 aliphatic heterocycles. The molecule has 0 aromatic carbocycles. The van der Waals surface area contributed by atoms with E-state index in [1.165, 1.54) is 38.5 Å². The molecule has 0 aromatic heterocycles. The second kappa shape index (κ2) is 14.0. The molecule has 0 amide bonds. The van der Waals surface area contributed by atoms with Gasteiger partial charge in [0.25, 0.3) is 0 Å². The fourth-order valence-corrected chi connectivity index (χ4v) is 2.45. The minimum absolute atomic E-state index is 0.0864. The highest BCUT2D eigenvalue weighted by Crippen LogP contribution is 2.04. The lowest BCUT2D eigenvalue weighted by atomic mass is 10.1. The van der Waals surface area contributed by atoms with Crippen molar-refractivity contribution < 1.29 is 0 Å². The summed E-state index contributed by atoms with van der Waals surface area (Å²) in [5, 5.41) is 11.2. The van der Waals surface area contributed by atoms with Crippen LogP contribution in [0.4, 0.5) is 0 Å². The predicted octanol–water partition coefficient (Wildman–Crippen LogP) is 1.07. The molecule has 0 atom stereocenters. The highest BCUT2D eigenvalue weighted by atomic mass is 28.2. The number of nitrogens with one attached hydrogen (secondary N) is 4. The van der Waals surface area contributed by atoms with Crippen molar-refractivity contribution in [3.63, 3.8) is 0 Å². The summed E-state index contributed by atoms with van der Waals surface area (Å²) in [5.74, 6) is -0.0864. The van der Waals surface area contributed by atoms with Crippen molar-refractivity contribution in [1.82, 2.24) is 20.9 Å². The molecule has 0 saturated heterocycles. The van der Waals surface area contributed by atoms with Crippen molar-refractivity contribution >= 4 is 10.4 Å². The zero-order valence-electron chi connectivity index (χ0n) is 14.3. The van der Waals surface area contributed by atoms with Gasteiger partial charge in [-0.15, -0.1) is 0 Å². The summed E-state index contributed by atoms with van der Waals surface area (Å²) in [6.45, 7) is 11.1. The molecule has 122 valence electrons. The van der Waals surface area contributed by atoms with Gasteiger partial charge in [-0.1, -0.05) is 40.0 Å². The first kappa shape index (κ1) is 20.1. The van der Waals surface area contributed by atoms with E-state index in [9.17, 15) is 0 Å². The third-order valence-electron chi connectivity index (χ3n) is 3.62. The first-order valence-corrected chi connectivity index (χ1v) is 9.64. The molecule has 4 N–H and O–H groups in total. The summed E-state index contributed by atoms with van der Waals surface area (Å²) in [6, 6.07) is 0. The van der Waals surface area contributed by atoms with E-state index >= 15 is 0 Å². The summed E-state index contributed by atoms with van der Waals surface area (Å²) in [4.78, 5) is 3.41. The van der Waals surface area contributed by atoms with E-state index in [1.54, 1.807) is 0 Å². The Morgan fingerprint density at radius 2 is 1.10 bits per heavy atom. The maximum absolute atomic E-state index is 3.74. The molecule has 4 nitrogen and oxygen atoms in total. The maximum Gasteiger partial charge on any atom is 0.124 e. The average Bonchev–Trinajstić information content (AvgIpc) is 2.46. The van der Waals surface area contributed by atoms with Gasteiger partial charge in [0.2, 0.25) is 0 Å². The minimum Gasteiger partial charge on any atom is -0.345 e. The normalized spacial score (nSPS) is 12.2. The number of unbranched alkanes of at least 4 members (excludes halogenated alkanes) is 3. The van der Waals surface area contributed by atoms with Gasteiger partial charge in [-0.05, 0) is 45.4 Å². The molecule has 5 heteroatoms. The summed E-state index contributed by atoms with van der Waals surface area (Å²) in [6.07, 6.45) is 8.53. The Morgan fingerprint density at radius 1 is 0.700 bits per heavy atom. The highest BCUT2D eigenvalue weighted by Gasteiger charge is 2.26. The molecular weight excluding hydrogens is 264 g/mol. The molecule has 20 heavy (non-hydrogen) atoms. The highest BCUT2D eigenvalue weighted by molar-refractivity contribution is 6.04. The van der Waals surface area contributed by atoms with Crippen LogP contribution in [-0.4, -0.2) is 42.4 Å². The largest absolute Gasteiger partial charge is 0.345 e. The molecule has 0 saturated carbocycles. The van der Waals surface area contributed by atoms with Crippen LogP contribution in [0, 0.1) is 0 Å². The van der Waals surface area contributed by atoms with Crippen molar-refractivity contribution in [2.45, 2.75) is 71.5 Å². The lowest BCUT2D eigenvalue weighted by Gasteiger charge is -2.37. The molecule has 0 rings (SSSR count). The molecule has 0 aliphatic carbocycles. The van der Waals surface area contributed by atoms with Crippen LogP contribution >= 0.6 is 0 Å². The predicted molar refractivity (Wildman–Crippen MR) is 94.0 cm³/mol. The van der Waals surface area contributed by atoms with Gasteiger partial charge in [-0.3, -0.25) is 16.0 Å². The van der Waals surface area contributed by atoms with Crippen molar-refractivity contribution in [2.75, 3.05) is 26.2 Å². The quantitative estimate of drug-likeness (QED) is 0.208. The van der Waals surface area contributed by atoms with Gasteiger partial charge in [-0.25, -0.2) is 0 Å². The van der Waals surface area contributed by atoms with E-state index in [4.69, 9.17) is 0 Å². The molecule has 0 heterocycles. The Bertz CT molecular complexity index is 176. The van der Waals surface area contributed by atoms with Crippen LogP contribution in [-0.2, 0) is 0 Å². The van der Waals surface area contributed by atoms with Gasteiger partial charge in [0.1, 0.15) is 5.79 Å². The van der Waals surface area contributed by atoms with E-state index in [2.05, 4.69) is 41.7 Å². The van der Waals surface area contributed by atoms with Crippen LogP contribution in [0.25, 0.3) is 0 Å². The molecule has 0 aromatic rings. The van der Waals surface area contributed by atoms with Crippen LogP contribution in [0.5, 0.6) is 0 Å². The lowest BCUT2D eigenvalue weighted by molar-refractivity contribution is 0.181. The van der Waals surface area contributed by atoms with Gasteiger partial charge in [0, 0.05) is 6.42 Å².